The molecular formula is C48H52N8O6. The van der Waals surface area contributed by atoms with E-state index in [-0.39, 0.29) is 29.8 Å². The molecular weight excluding hydrogens is 785 g/mol. The van der Waals surface area contributed by atoms with Gasteiger partial charge in [-0.25, -0.2) is 19.6 Å². The Balaban J connectivity index is 1.05. The number of alkyl carbamates (subject to hydrolysis) is 2. The minimum Gasteiger partial charge on any atom is -0.453 e. The summed E-state index contributed by atoms with van der Waals surface area (Å²) < 4.78 is 9.67. The number of hydrogen-bond donors (Lipinski definition) is 4. The molecule has 0 spiro atoms. The molecule has 8 rings (SSSR count). The first-order valence-electron chi connectivity index (χ1n) is 21.2. The predicted octanol–water partition coefficient (Wildman–Crippen LogP) is 8.85. The first kappa shape index (κ1) is 41.8. The normalized spacial score (nSPS) is 15.5. The molecule has 2 aromatic heterocycles. The Morgan fingerprint density at radius 1 is 0.790 bits per heavy atom. The van der Waals surface area contributed by atoms with Crippen LogP contribution < -0.4 is 10.6 Å². The largest absolute Gasteiger partial charge is 0.453 e. The van der Waals surface area contributed by atoms with Crippen LogP contribution in [0.3, 0.4) is 0 Å². The maximum Gasteiger partial charge on any atom is 0.407 e. The molecule has 0 bridgehead atoms. The van der Waals surface area contributed by atoms with E-state index in [1.165, 1.54) is 14.2 Å². The van der Waals surface area contributed by atoms with Gasteiger partial charge in [0.25, 0.3) is 5.91 Å². The lowest BCUT2D eigenvalue weighted by Gasteiger charge is -2.32. The van der Waals surface area contributed by atoms with Crippen molar-refractivity contribution < 1.29 is 28.7 Å². The lowest BCUT2D eigenvalue weighted by atomic mass is 9.98. The van der Waals surface area contributed by atoms with Gasteiger partial charge in [-0.3, -0.25) is 9.59 Å². The van der Waals surface area contributed by atoms with Crippen molar-refractivity contribution in [1.29, 1.82) is 0 Å². The summed E-state index contributed by atoms with van der Waals surface area (Å²) in [5.74, 6) is 0.836. The Morgan fingerprint density at radius 2 is 1.40 bits per heavy atom. The fourth-order valence-corrected chi connectivity index (χ4v) is 8.71. The summed E-state index contributed by atoms with van der Waals surface area (Å²) in [6.45, 7) is 8.81. The summed E-state index contributed by atoms with van der Waals surface area (Å²) in [6.07, 6.45) is 0.978. The SMILES string of the molecule is CCCN(C(=O)[C@@H](NC(=O)OC)C(C)C)[C@@H](C)c1nc2c(ccc3cc(-c4ccc5c(ccc6[nH]c([C@@H]7CCCN7C(=O)[C@H](NC(=O)OC)c7ccccc7)nc65)c4)ccc32)[nH]1. The van der Waals surface area contributed by atoms with Gasteiger partial charge >= 0.3 is 12.2 Å². The number of rotatable bonds is 12. The van der Waals surface area contributed by atoms with E-state index in [0.717, 1.165) is 74.0 Å². The number of likely N-dealkylation sites (tertiary alicyclic amines) is 1. The van der Waals surface area contributed by atoms with Crippen LogP contribution in [-0.2, 0) is 19.1 Å². The smallest absolute Gasteiger partial charge is 0.407 e. The number of amides is 4. The molecule has 1 aliphatic rings. The van der Waals surface area contributed by atoms with Crippen LogP contribution in [0.1, 0.15) is 82.3 Å². The minimum atomic E-state index is -0.893. The van der Waals surface area contributed by atoms with E-state index >= 15 is 0 Å². The number of hydrogen-bond acceptors (Lipinski definition) is 8. The second-order valence-corrected chi connectivity index (χ2v) is 16.3. The molecule has 320 valence electrons. The number of ether oxygens (including phenoxy) is 2. The van der Waals surface area contributed by atoms with Crippen molar-refractivity contribution in [2.75, 3.05) is 27.3 Å². The van der Waals surface area contributed by atoms with Crippen molar-refractivity contribution in [3.63, 3.8) is 0 Å². The highest BCUT2D eigenvalue weighted by Crippen LogP contribution is 2.37. The second kappa shape index (κ2) is 17.6. The third kappa shape index (κ3) is 7.99. The van der Waals surface area contributed by atoms with Crippen LogP contribution in [0.15, 0.2) is 91.0 Å². The van der Waals surface area contributed by atoms with E-state index in [2.05, 4.69) is 69.1 Å². The molecule has 3 heterocycles. The number of imidazole rings is 2. The fraction of sp³-hybridized carbons (Fsp3) is 0.333. The minimum absolute atomic E-state index is 0.144. The van der Waals surface area contributed by atoms with Crippen LogP contribution in [0.2, 0.25) is 0 Å². The Labute approximate surface area is 359 Å². The van der Waals surface area contributed by atoms with Crippen LogP contribution in [0, 0.1) is 5.92 Å². The molecule has 0 aliphatic carbocycles. The van der Waals surface area contributed by atoms with Gasteiger partial charge in [0.2, 0.25) is 5.91 Å². The monoisotopic (exact) mass is 836 g/mol. The van der Waals surface area contributed by atoms with Crippen molar-refractivity contribution in [3.05, 3.63) is 108 Å². The molecule has 4 amide bonds. The Bertz CT molecular complexity index is 2800. The van der Waals surface area contributed by atoms with Gasteiger partial charge in [-0.05, 0) is 83.8 Å². The summed E-state index contributed by atoms with van der Waals surface area (Å²) >= 11 is 0. The molecule has 0 unspecified atom stereocenters. The molecule has 4 atom stereocenters. The lowest BCUT2D eigenvalue weighted by Crippen LogP contribution is -2.52. The molecule has 1 saturated heterocycles. The molecule has 0 saturated carbocycles. The zero-order valence-electron chi connectivity index (χ0n) is 35.8. The average Bonchev–Trinajstić information content (AvgIpc) is 4.07. The molecule has 0 radical (unpaired) electrons. The van der Waals surface area contributed by atoms with Crippen molar-refractivity contribution in [2.24, 2.45) is 5.92 Å². The van der Waals surface area contributed by atoms with Crippen LogP contribution in [0.25, 0.3) is 54.7 Å². The van der Waals surface area contributed by atoms with Gasteiger partial charge in [-0.15, -0.1) is 0 Å². The predicted molar refractivity (Wildman–Crippen MR) is 239 cm³/mol. The van der Waals surface area contributed by atoms with Gasteiger partial charge in [-0.1, -0.05) is 87.5 Å². The third-order valence-corrected chi connectivity index (χ3v) is 12.0. The number of fused-ring (bicyclic) bond motifs is 6. The summed E-state index contributed by atoms with van der Waals surface area (Å²) in [7, 11) is 2.57. The van der Waals surface area contributed by atoms with Crippen LogP contribution >= 0.6 is 0 Å². The number of aromatic nitrogens is 4. The molecule has 14 nitrogen and oxygen atoms in total. The highest BCUT2D eigenvalue weighted by atomic mass is 16.5. The average molecular weight is 837 g/mol. The zero-order chi connectivity index (χ0) is 43.7. The number of benzene rings is 5. The summed E-state index contributed by atoms with van der Waals surface area (Å²) in [5, 5.41) is 9.50. The third-order valence-electron chi connectivity index (χ3n) is 12.0. The van der Waals surface area contributed by atoms with Gasteiger partial charge < -0.3 is 39.9 Å². The van der Waals surface area contributed by atoms with Gasteiger partial charge in [0, 0.05) is 23.9 Å². The molecule has 14 heteroatoms. The molecule has 5 aromatic carbocycles. The van der Waals surface area contributed by atoms with Crippen LogP contribution in [0.4, 0.5) is 9.59 Å². The van der Waals surface area contributed by atoms with E-state index in [9.17, 15) is 19.2 Å². The van der Waals surface area contributed by atoms with Gasteiger partial charge in [0.05, 0.1) is 48.4 Å². The lowest BCUT2D eigenvalue weighted by molar-refractivity contribution is -0.137. The van der Waals surface area contributed by atoms with Crippen molar-refractivity contribution in [1.82, 2.24) is 40.4 Å². The summed E-state index contributed by atoms with van der Waals surface area (Å²) in [5.41, 5.74) is 6.19. The van der Waals surface area contributed by atoms with Gasteiger partial charge in [0.15, 0.2) is 0 Å². The number of nitrogens with one attached hydrogen (secondary N) is 4. The number of carbonyl (C=O) groups excluding carboxylic acids is 4. The highest BCUT2D eigenvalue weighted by Gasteiger charge is 2.37. The van der Waals surface area contributed by atoms with E-state index in [1.54, 1.807) is 9.80 Å². The van der Waals surface area contributed by atoms with Crippen molar-refractivity contribution in [2.45, 2.75) is 71.1 Å². The van der Waals surface area contributed by atoms with E-state index in [0.29, 0.717) is 30.3 Å². The molecule has 1 aliphatic heterocycles. The fourth-order valence-electron chi connectivity index (χ4n) is 8.71. The first-order valence-corrected chi connectivity index (χ1v) is 21.2. The summed E-state index contributed by atoms with van der Waals surface area (Å²) in [4.78, 5) is 73.1. The Kier molecular flexibility index (Phi) is 11.8. The number of carbonyl (C=O) groups is 4. The van der Waals surface area contributed by atoms with Gasteiger partial charge in [-0.2, -0.15) is 0 Å². The highest BCUT2D eigenvalue weighted by molar-refractivity contribution is 6.07. The number of H-pyrrole nitrogens is 2. The van der Waals surface area contributed by atoms with E-state index in [1.807, 2.05) is 70.2 Å². The van der Waals surface area contributed by atoms with Crippen LogP contribution in [-0.4, -0.2) is 87.1 Å². The topological polar surface area (TPSA) is 175 Å². The standard InChI is InChI=1S/C48H52N8O6/c1-7-23-55(45(57)39(27(2)3)53-47(59)61-5)28(4)43-49-36-21-17-32-25-30(15-19-34(32)41(36)51-43)31-16-20-35-33(26-31)18-22-37-42(35)52-44(50-37)38-14-11-24-56(38)46(58)40(54-48(60)62-6)29-12-9-8-10-13-29/h8-10,12-13,15-22,25-28,38-40H,7,11,14,23-24H2,1-6H3,(H,49,51)(H,50,52)(H,53,59)(H,54,60)/t28-,38-,39-,40+/m0/s1. The van der Waals surface area contributed by atoms with E-state index in [4.69, 9.17) is 19.4 Å². The first-order chi connectivity index (χ1) is 30.0. The molecule has 62 heavy (non-hydrogen) atoms. The van der Waals surface area contributed by atoms with Crippen LogP contribution in [0.5, 0.6) is 0 Å². The zero-order valence-corrected chi connectivity index (χ0v) is 35.8. The maximum atomic E-state index is 14.1. The van der Waals surface area contributed by atoms with E-state index < -0.39 is 24.3 Å². The quantitative estimate of drug-likeness (QED) is 0.0944. The molecule has 4 N–H and O–H groups in total. The Morgan fingerprint density at radius 3 is 2.02 bits per heavy atom. The maximum absolute atomic E-state index is 14.1. The second-order valence-electron chi connectivity index (χ2n) is 16.3. The van der Waals surface area contributed by atoms with Crippen molar-refractivity contribution in [3.8, 4) is 11.1 Å². The molecule has 1 fully saturated rings. The summed E-state index contributed by atoms with van der Waals surface area (Å²) in [6, 6.07) is 27.9. The molecule has 7 aromatic rings. The number of nitrogens with zero attached hydrogens (tertiary/aromatic N) is 4. The number of methoxy groups -OCH3 is 2. The van der Waals surface area contributed by atoms with Gasteiger partial charge in [0.1, 0.15) is 23.7 Å². The van der Waals surface area contributed by atoms with Crippen molar-refractivity contribution >= 4 is 67.6 Å². The Hall–Kier alpha value is -6.96. The number of aromatic amines is 2.